The third kappa shape index (κ3) is 4.48. The van der Waals surface area contributed by atoms with Crippen LogP contribution in [0.15, 0.2) is 47.2 Å². The number of ether oxygens (including phenoxy) is 1. The maximum Gasteiger partial charge on any atom is 0.258 e. The van der Waals surface area contributed by atoms with Crippen LogP contribution in [0.5, 0.6) is 0 Å². The SMILES string of the molecule is Cc1ccc(C(=O)N2CCCC(OCc3noc(-c4ccncc4)n3)C2)cc1F. The van der Waals surface area contributed by atoms with Crippen LogP contribution in [0.25, 0.3) is 11.5 Å². The summed E-state index contributed by atoms with van der Waals surface area (Å²) in [4.78, 5) is 22.7. The van der Waals surface area contributed by atoms with E-state index in [2.05, 4.69) is 15.1 Å². The predicted molar refractivity (Wildman–Crippen MR) is 102 cm³/mol. The van der Waals surface area contributed by atoms with Crippen molar-refractivity contribution in [1.82, 2.24) is 20.0 Å². The molecule has 1 aromatic carbocycles. The van der Waals surface area contributed by atoms with Crippen molar-refractivity contribution in [3.05, 3.63) is 65.5 Å². The highest BCUT2D eigenvalue weighted by atomic mass is 19.1. The number of carbonyl (C=O) groups is 1. The molecule has 4 rings (SSSR count). The molecule has 0 radical (unpaired) electrons. The first-order valence-electron chi connectivity index (χ1n) is 9.50. The fourth-order valence-electron chi connectivity index (χ4n) is 3.28. The lowest BCUT2D eigenvalue weighted by atomic mass is 10.1. The second kappa shape index (κ2) is 8.48. The lowest BCUT2D eigenvalue weighted by Crippen LogP contribution is -2.43. The monoisotopic (exact) mass is 396 g/mol. The number of aromatic nitrogens is 3. The number of hydrogen-bond donors (Lipinski definition) is 0. The molecule has 8 heteroatoms. The smallest absolute Gasteiger partial charge is 0.258 e. The normalized spacial score (nSPS) is 16.8. The molecule has 0 N–H and O–H groups in total. The van der Waals surface area contributed by atoms with E-state index in [0.29, 0.717) is 35.9 Å². The molecular formula is C21H21FN4O3. The van der Waals surface area contributed by atoms with Gasteiger partial charge in [-0.3, -0.25) is 9.78 Å². The Hall–Kier alpha value is -3.13. The Bertz CT molecular complexity index is 993. The molecule has 150 valence electrons. The molecule has 2 aromatic heterocycles. The molecule has 1 saturated heterocycles. The minimum atomic E-state index is -0.372. The number of rotatable bonds is 5. The molecule has 0 saturated carbocycles. The van der Waals surface area contributed by atoms with E-state index in [1.807, 2.05) is 0 Å². The van der Waals surface area contributed by atoms with Gasteiger partial charge >= 0.3 is 0 Å². The number of pyridine rings is 1. The van der Waals surface area contributed by atoms with Crippen molar-refractivity contribution < 1.29 is 18.4 Å². The van der Waals surface area contributed by atoms with Crippen LogP contribution in [0.1, 0.15) is 34.6 Å². The summed E-state index contributed by atoms with van der Waals surface area (Å²) in [5.41, 5.74) is 1.67. The van der Waals surface area contributed by atoms with Crippen molar-refractivity contribution >= 4 is 5.91 Å². The Labute approximate surface area is 167 Å². The Morgan fingerprint density at radius 3 is 2.93 bits per heavy atom. The van der Waals surface area contributed by atoms with Gasteiger partial charge in [0, 0.05) is 36.6 Å². The van der Waals surface area contributed by atoms with E-state index in [1.54, 1.807) is 48.5 Å². The average Bonchev–Trinajstić information content (AvgIpc) is 3.24. The third-order valence-corrected chi connectivity index (χ3v) is 4.93. The average molecular weight is 396 g/mol. The number of nitrogens with zero attached hydrogens (tertiary/aromatic N) is 4. The van der Waals surface area contributed by atoms with Crippen molar-refractivity contribution in [2.75, 3.05) is 13.1 Å². The second-order valence-electron chi connectivity index (χ2n) is 7.04. The van der Waals surface area contributed by atoms with Gasteiger partial charge in [-0.15, -0.1) is 0 Å². The van der Waals surface area contributed by atoms with Gasteiger partial charge in [0.25, 0.3) is 11.8 Å². The van der Waals surface area contributed by atoms with E-state index in [4.69, 9.17) is 9.26 Å². The summed E-state index contributed by atoms with van der Waals surface area (Å²) in [6.45, 7) is 2.94. The molecule has 29 heavy (non-hydrogen) atoms. The second-order valence-corrected chi connectivity index (χ2v) is 7.04. The molecule has 1 unspecified atom stereocenters. The van der Waals surface area contributed by atoms with Crippen LogP contribution < -0.4 is 0 Å². The maximum absolute atomic E-state index is 13.8. The van der Waals surface area contributed by atoms with Crippen LogP contribution in [0.3, 0.4) is 0 Å². The van der Waals surface area contributed by atoms with Crippen LogP contribution in [-0.2, 0) is 11.3 Å². The highest BCUT2D eigenvalue weighted by Crippen LogP contribution is 2.20. The van der Waals surface area contributed by atoms with Crippen molar-refractivity contribution in [2.45, 2.75) is 32.5 Å². The summed E-state index contributed by atoms with van der Waals surface area (Å²) in [5, 5.41) is 3.94. The van der Waals surface area contributed by atoms with Gasteiger partial charge in [0.1, 0.15) is 12.4 Å². The molecule has 1 atom stereocenters. The molecule has 0 bridgehead atoms. The van der Waals surface area contributed by atoms with Gasteiger partial charge in [-0.05, 0) is 49.6 Å². The van der Waals surface area contributed by atoms with E-state index in [9.17, 15) is 9.18 Å². The van der Waals surface area contributed by atoms with Crippen LogP contribution >= 0.6 is 0 Å². The van der Waals surface area contributed by atoms with Crippen molar-refractivity contribution in [3.8, 4) is 11.5 Å². The number of likely N-dealkylation sites (tertiary alicyclic amines) is 1. The van der Waals surface area contributed by atoms with Gasteiger partial charge in [-0.2, -0.15) is 4.98 Å². The molecular weight excluding hydrogens is 375 g/mol. The first-order valence-corrected chi connectivity index (χ1v) is 9.50. The van der Waals surface area contributed by atoms with Crippen molar-refractivity contribution in [2.24, 2.45) is 0 Å². The summed E-state index contributed by atoms with van der Waals surface area (Å²) in [6, 6.07) is 8.15. The highest BCUT2D eigenvalue weighted by molar-refractivity contribution is 5.94. The Kier molecular flexibility index (Phi) is 5.62. The molecule has 1 fully saturated rings. The van der Waals surface area contributed by atoms with E-state index in [0.717, 1.165) is 18.4 Å². The summed E-state index contributed by atoms with van der Waals surface area (Å²) in [5.74, 6) is 0.299. The molecule has 0 aliphatic carbocycles. The number of carbonyl (C=O) groups excluding carboxylic acids is 1. The predicted octanol–water partition coefficient (Wildman–Crippen LogP) is 3.40. The Morgan fingerprint density at radius 1 is 1.31 bits per heavy atom. The molecule has 3 aromatic rings. The minimum Gasteiger partial charge on any atom is -0.368 e. The number of amides is 1. The molecule has 3 heterocycles. The van der Waals surface area contributed by atoms with Gasteiger partial charge in [0.15, 0.2) is 5.82 Å². The zero-order valence-corrected chi connectivity index (χ0v) is 16.0. The fraction of sp³-hybridized carbons (Fsp3) is 0.333. The van der Waals surface area contributed by atoms with Gasteiger partial charge in [0.05, 0.1) is 6.10 Å². The van der Waals surface area contributed by atoms with Crippen LogP contribution in [0.4, 0.5) is 4.39 Å². The molecule has 0 spiro atoms. The van der Waals surface area contributed by atoms with E-state index < -0.39 is 0 Å². The molecule has 1 aliphatic heterocycles. The van der Waals surface area contributed by atoms with Gasteiger partial charge in [0.2, 0.25) is 0 Å². The largest absolute Gasteiger partial charge is 0.368 e. The topological polar surface area (TPSA) is 81.4 Å². The van der Waals surface area contributed by atoms with Gasteiger partial charge < -0.3 is 14.2 Å². The van der Waals surface area contributed by atoms with E-state index in [-0.39, 0.29) is 24.4 Å². The lowest BCUT2D eigenvalue weighted by molar-refractivity contribution is -0.00962. The summed E-state index contributed by atoms with van der Waals surface area (Å²) < 4.78 is 25.0. The summed E-state index contributed by atoms with van der Waals surface area (Å²) in [6.07, 6.45) is 4.83. The lowest BCUT2D eigenvalue weighted by Gasteiger charge is -2.32. The van der Waals surface area contributed by atoms with Crippen molar-refractivity contribution in [3.63, 3.8) is 0 Å². The summed E-state index contributed by atoms with van der Waals surface area (Å²) in [7, 11) is 0. The maximum atomic E-state index is 13.8. The quantitative estimate of drug-likeness (QED) is 0.658. The standard InChI is InChI=1S/C21H21FN4O3/c1-14-4-5-16(11-18(14)22)21(27)26-10-2-3-17(12-26)28-13-19-24-20(29-25-19)15-6-8-23-9-7-15/h4-9,11,17H,2-3,10,12-13H2,1H3. The Morgan fingerprint density at radius 2 is 2.14 bits per heavy atom. The number of hydrogen-bond acceptors (Lipinski definition) is 6. The number of benzene rings is 1. The minimum absolute atomic E-state index is 0.133. The third-order valence-electron chi connectivity index (χ3n) is 4.93. The zero-order chi connectivity index (χ0) is 20.2. The Balaban J connectivity index is 1.35. The molecule has 1 amide bonds. The van der Waals surface area contributed by atoms with Crippen LogP contribution in [0.2, 0.25) is 0 Å². The fourth-order valence-corrected chi connectivity index (χ4v) is 3.28. The molecule has 1 aliphatic rings. The zero-order valence-electron chi connectivity index (χ0n) is 16.0. The van der Waals surface area contributed by atoms with E-state index in [1.165, 1.54) is 6.07 Å². The first-order chi connectivity index (χ1) is 14.1. The molecule has 7 nitrogen and oxygen atoms in total. The van der Waals surface area contributed by atoms with Gasteiger partial charge in [-0.25, -0.2) is 4.39 Å². The van der Waals surface area contributed by atoms with Crippen LogP contribution in [-0.4, -0.2) is 45.1 Å². The van der Waals surface area contributed by atoms with Crippen molar-refractivity contribution in [1.29, 1.82) is 0 Å². The van der Waals surface area contributed by atoms with Crippen LogP contribution in [0, 0.1) is 12.7 Å². The number of piperidine rings is 1. The van der Waals surface area contributed by atoms with Gasteiger partial charge in [-0.1, -0.05) is 11.2 Å². The number of halogens is 1. The highest BCUT2D eigenvalue weighted by Gasteiger charge is 2.26. The summed E-state index contributed by atoms with van der Waals surface area (Å²) >= 11 is 0. The van der Waals surface area contributed by atoms with E-state index >= 15 is 0 Å². The first kappa shape index (κ1) is 19.2. The number of aryl methyl sites for hydroxylation is 1.